The summed E-state index contributed by atoms with van der Waals surface area (Å²) < 4.78 is 1.15. The van der Waals surface area contributed by atoms with Crippen molar-refractivity contribution < 1.29 is 28.8 Å². The van der Waals surface area contributed by atoms with Crippen molar-refractivity contribution in [3.63, 3.8) is 0 Å². The summed E-state index contributed by atoms with van der Waals surface area (Å²) in [5.41, 5.74) is 9.40. The van der Waals surface area contributed by atoms with E-state index in [4.69, 9.17) is 0 Å². The smallest absolute Gasteiger partial charge is 0.123 e. The van der Waals surface area contributed by atoms with Crippen molar-refractivity contribution in [3.8, 4) is 0 Å². The van der Waals surface area contributed by atoms with Gasteiger partial charge in [0.05, 0.1) is 0 Å². The van der Waals surface area contributed by atoms with Crippen LogP contribution in [0.3, 0.4) is 0 Å². The van der Waals surface area contributed by atoms with Crippen LogP contribution in [0.25, 0.3) is 12.2 Å². The Morgan fingerprint density at radius 1 is 0.342 bits per heavy atom. The van der Waals surface area contributed by atoms with Crippen LogP contribution in [-0.4, -0.2) is 43.5 Å². The number of aryl methyl sites for hydroxylation is 5. The summed E-state index contributed by atoms with van der Waals surface area (Å²) in [7, 11) is 0. The van der Waals surface area contributed by atoms with Crippen molar-refractivity contribution in [2.24, 2.45) is 53.3 Å². The predicted molar refractivity (Wildman–Crippen MR) is 494 cm³/mol. The largest absolute Gasteiger partial charge is 0.303 e. The third-order valence-corrected chi connectivity index (χ3v) is 20.2. The molecule has 6 aromatic carbocycles. The van der Waals surface area contributed by atoms with Gasteiger partial charge in [0.2, 0.25) is 0 Å². The van der Waals surface area contributed by atoms with Gasteiger partial charge < -0.3 is 28.8 Å². The van der Waals surface area contributed by atoms with E-state index in [0.717, 1.165) is 151 Å². The second-order valence-corrected chi connectivity index (χ2v) is 29.6. The molecule has 0 radical (unpaired) electrons. The van der Waals surface area contributed by atoms with Crippen LogP contribution in [0, 0.1) is 74.0 Å². The summed E-state index contributed by atoms with van der Waals surface area (Å²) in [6, 6.07) is 58.4. The van der Waals surface area contributed by atoms with Gasteiger partial charge in [0.25, 0.3) is 0 Å². The van der Waals surface area contributed by atoms with Crippen LogP contribution in [0.5, 0.6) is 0 Å². The molecule has 6 aromatic rings. The lowest BCUT2D eigenvalue weighted by atomic mass is 9.80. The van der Waals surface area contributed by atoms with Crippen LogP contribution in [0.2, 0.25) is 0 Å². The van der Waals surface area contributed by atoms with Crippen molar-refractivity contribution in [2.75, 3.05) is 5.83 Å². The maximum atomic E-state index is 10.7. The van der Waals surface area contributed by atoms with Gasteiger partial charge in [0.1, 0.15) is 37.7 Å². The van der Waals surface area contributed by atoms with E-state index in [2.05, 4.69) is 194 Å². The fourth-order valence-electron chi connectivity index (χ4n) is 13.4. The minimum atomic E-state index is 0.318. The van der Waals surface area contributed by atoms with Gasteiger partial charge in [-0.1, -0.05) is 355 Å². The molecule has 0 aliphatic heterocycles. The molecular formula is C103H154Br2O6. The summed E-state index contributed by atoms with van der Waals surface area (Å²) in [5, 5.41) is 0. The van der Waals surface area contributed by atoms with Crippen LogP contribution in [0.1, 0.15) is 287 Å². The number of alkyl halides is 1. The molecular weight excluding hydrogens is 1490 g/mol. The molecule has 0 heterocycles. The monoisotopic (exact) mass is 1650 g/mol. The maximum Gasteiger partial charge on any atom is 0.123 e. The molecule has 0 N–H and O–H groups in total. The van der Waals surface area contributed by atoms with Crippen molar-refractivity contribution >= 4 is 81.7 Å². The SMILES string of the molecule is C/C=C/c1ccccc1.C=CC.C=CC1CCC(C=O)CC1.CBr.CC.CC.CC.CCCc1ccccc1.Cc1cccc(/C=C/C2CCC(C=O)CC2)c1.Cc1cccc(Br)c1.Cc1cccc(CCC2CCC(C=O)CC2)c1.O=CC1CCCCC1.O=CC1CCCCC1.O=CC1CCCCC1.c1ccccc1. The molecule has 616 valence electrons. The van der Waals surface area contributed by atoms with Crippen LogP contribution in [-0.2, 0) is 41.6 Å². The van der Waals surface area contributed by atoms with Gasteiger partial charge in [-0.3, -0.25) is 0 Å². The first kappa shape index (κ1) is 108. The highest BCUT2D eigenvalue weighted by Crippen LogP contribution is 2.32. The van der Waals surface area contributed by atoms with Gasteiger partial charge in [-0.2, -0.15) is 0 Å². The van der Waals surface area contributed by atoms with E-state index in [9.17, 15) is 28.8 Å². The number of aldehydes is 6. The Balaban J connectivity index is -0.00000117. The van der Waals surface area contributed by atoms with Crippen molar-refractivity contribution in [1.29, 1.82) is 0 Å². The predicted octanol–water partition coefficient (Wildman–Crippen LogP) is 30.5. The number of carbonyl (C=O) groups excluding carboxylic acids is 6. The average Bonchev–Trinajstić information content (AvgIpc) is 0.897. The van der Waals surface area contributed by atoms with E-state index in [0.29, 0.717) is 47.3 Å². The molecule has 111 heavy (non-hydrogen) atoms. The summed E-state index contributed by atoms with van der Waals surface area (Å²) >= 11 is 6.30. The molecule has 0 saturated heterocycles. The van der Waals surface area contributed by atoms with E-state index in [1.807, 2.05) is 140 Å². The number of halogens is 2. The number of hydrogen-bond acceptors (Lipinski definition) is 6. The van der Waals surface area contributed by atoms with E-state index in [-0.39, 0.29) is 0 Å². The molecule has 0 spiro atoms. The second kappa shape index (κ2) is 81.3. The normalized spacial score (nSPS) is 18.6. The van der Waals surface area contributed by atoms with Gasteiger partial charge in [-0.05, 0) is 227 Å². The maximum absolute atomic E-state index is 10.7. The number of hydrogen-bond donors (Lipinski definition) is 0. The second-order valence-electron chi connectivity index (χ2n) is 28.7. The minimum absolute atomic E-state index is 0.318. The van der Waals surface area contributed by atoms with E-state index < -0.39 is 0 Å². The molecule has 12 rings (SSSR count). The fourth-order valence-corrected chi connectivity index (χ4v) is 13.9. The van der Waals surface area contributed by atoms with Crippen LogP contribution in [0.4, 0.5) is 0 Å². The summed E-state index contributed by atoms with van der Waals surface area (Å²) in [5.74, 6) is 6.22. The van der Waals surface area contributed by atoms with Crippen molar-refractivity contribution in [2.45, 2.75) is 282 Å². The molecule has 0 aromatic heterocycles. The highest BCUT2D eigenvalue weighted by atomic mass is 79.9. The first-order chi connectivity index (χ1) is 54.3. The van der Waals surface area contributed by atoms with E-state index in [1.165, 1.54) is 135 Å². The topological polar surface area (TPSA) is 102 Å². The minimum Gasteiger partial charge on any atom is -0.303 e. The Bertz CT molecular complexity index is 2990. The lowest BCUT2D eigenvalue weighted by Gasteiger charge is -2.25. The van der Waals surface area contributed by atoms with Crippen LogP contribution >= 0.6 is 31.9 Å². The fraction of sp³-hybridized carbons (Fsp3) is 0.515. The van der Waals surface area contributed by atoms with Gasteiger partial charge in [0, 0.05) is 40.0 Å². The zero-order valence-corrected chi connectivity index (χ0v) is 75.0. The number of carbonyl (C=O) groups is 6. The zero-order valence-electron chi connectivity index (χ0n) is 71.8. The summed E-state index contributed by atoms with van der Waals surface area (Å²) in [6.07, 6.45) is 56.1. The lowest BCUT2D eigenvalue weighted by Crippen LogP contribution is -2.15. The quantitative estimate of drug-likeness (QED) is 0.0577. The molecule has 6 aliphatic carbocycles. The molecule has 6 saturated carbocycles. The first-order valence-corrected chi connectivity index (χ1v) is 45.2. The van der Waals surface area contributed by atoms with Gasteiger partial charge >= 0.3 is 0 Å². The van der Waals surface area contributed by atoms with E-state index in [1.54, 1.807) is 6.08 Å². The molecule has 0 atom stereocenters. The Morgan fingerprint density at radius 2 is 0.658 bits per heavy atom. The number of rotatable bonds is 15. The average molecular weight is 1650 g/mol. The molecule has 6 nitrogen and oxygen atoms in total. The highest BCUT2D eigenvalue weighted by molar-refractivity contribution is 9.10. The molecule has 0 amide bonds. The Hall–Kier alpha value is -6.74. The van der Waals surface area contributed by atoms with Gasteiger partial charge in [0.15, 0.2) is 0 Å². The van der Waals surface area contributed by atoms with Crippen LogP contribution in [0.15, 0.2) is 212 Å². The Kier molecular flexibility index (Phi) is 79.4. The zero-order chi connectivity index (χ0) is 83.0. The Morgan fingerprint density at radius 3 is 0.991 bits per heavy atom. The third-order valence-electron chi connectivity index (χ3n) is 19.7. The summed E-state index contributed by atoms with van der Waals surface area (Å²) in [6.45, 7) is 31.6. The third kappa shape index (κ3) is 63.4. The molecule has 0 bridgehead atoms. The standard InChI is InChI=1S/C16H22O.C16H20O.C9H14O.C9H12.C9H10.C7H7Br.3C7H12O.C6H6.C3H6.3C2H6.CH3Br/c2*1-13-3-2-4-15(11-13)8-5-14-6-9-16(12-17)10-7-14;1-2-8-3-5-9(7-10)6-4-8;2*1-2-6-9-7-4-3-5-8-9;1-6-3-2-4-7(8)5-6;3*8-6-7-4-2-1-3-5-7;1-2-4-6-5-3-1;1-3-2;4*1-2/h2-4,11-12,14,16H,5-10H2,1H3;2-5,8,11-12,14,16H,6-7,9-10H2,1H3;2,7-9H,1,3-6H2;3-5,7-8H,2,6H2,1H3;2-8H,1H3;2-5H,1H3;3*6-7H,1-5H2;1-6H;3H,1H2,2H3;3*1-2H3;1H3/b;8-5+;;;6-2+;;;;;;;;;;. The molecule has 6 aliphatic rings. The number of benzene rings is 6. The lowest BCUT2D eigenvalue weighted by molar-refractivity contribution is -0.112. The molecule has 6 fully saturated rings. The van der Waals surface area contributed by atoms with Crippen molar-refractivity contribution in [3.05, 3.63) is 251 Å². The van der Waals surface area contributed by atoms with Crippen molar-refractivity contribution in [1.82, 2.24) is 0 Å². The Labute approximate surface area is 697 Å². The van der Waals surface area contributed by atoms with E-state index >= 15 is 0 Å². The van der Waals surface area contributed by atoms with Gasteiger partial charge in [-0.15, -0.1) is 13.2 Å². The summed E-state index contributed by atoms with van der Waals surface area (Å²) in [4.78, 5) is 62.2. The van der Waals surface area contributed by atoms with Gasteiger partial charge in [-0.25, -0.2) is 0 Å². The molecule has 8 heteroatoms. The highest BCUT2D eigenvalue weighted by Gasteiger charge is 2.22. The number of allylic oxidation sites excluding steroid dienone is 4. The molecule has 0 unspecified atom stereocenters. The first-order valence-electron chi connectivity index (χ1n) is 42.8. The van der Waals surface area contributed by atoms with Crippen LogP contribution < -0.4 is 0 Å².